The molecule has 28 heavy (non-hydrogen) atoms. The Morgan fingerprint density at radius 1 is 1.25 bits per heavy atom. The van der Waals surface area contributed by atoms with Crippen LogP contribution < -0.4 is 9.64 Å². The second kappa shape index (κ2) is 7.50. The number of hydrogen-bond donors (Lipinski definition) is 0. The van der Waals surface area contributed by atoms with Gasteiger partial charge < -0.3 is 9.15 Å². The number of fused-ring (bicyclic) bond motifs is 1. The fraction of sp³-hybridized carbons (Fsp3) is 0.381. The number of aromatic nitrogens is 2. The highest BCUT2D eigenvalue weighted by Crippen LogP contribution is 2.29. The van der Waals surface area contributed by atoms with Crippen molar-refractivity contribution < 1.29 is 18.7 Å². The fourth-order valence-electron chi connectivity index (χ4n) is 2.80. The van der Waals surface area contributed by atoms with Crippen molar-refractivity contribution in [2.75, 3.05) is 18.6 Å². The Bertz CT molecular complexity index is 997. The van der Waals surface area contributed by atoms with E-state index >= 15 is 0 Å². The number of ether oxygens (including phenoxy) is 1. The zero-order chi connectivity index (χ0) is 20.5. The molecule has 0 N–H and O–H groups in total. The van der Waals surface area contributed by atoms with Gasteiger partial charge in [-0.15, -0.1) is 0 Å². The summed E-state index contributed by atoms with van der Waals surface area (Å²) in [6, 6.07) is 6.88. The van der Waals surface area contributed by atoms with Gasteiger partial charge in [0.05, 0.1) is 12.0 Å². The molecule has 1 amide bonds. The number of amides is 1. The first-order valence-corrected chi connectivity index (χ1v) is 9.21. The van der Waals surface area contributed by atoms with Gasteiger partial charge in [-0.25, -0.2) is 4.98 Å². The summed E-state index contributed by atoms with van der Waals surface area (Å²) in [6.45, 7) is 7.51. The zero-order valence-corrected chi connectivity index (χ0v) is 16.9. The molecule has 0 aliphatic rings. The summed E-state index contributed by atoms with van der Waals surface area (Å²) in [5.41, 5.74) is 0.839. The first-order chi connectivity index (χ1) is 13.2. The zero-order valence-electron chi connectivity index (χ0n) is 16.9. The van der Waals surface area contributed by atoms with Gasteiger partial charge in [-0.3, -0.25) is 18.9 Å². The summed E-state index contributed by atoms with van der Waals surface area (Å²) in [5.74, 6) is 1.13. The molecular weight excluding hydrogens is 358 g/mol. The van der Waals surface area contributed by atoms with E-state index in [1.165, 1.54) is 11.2 Å². The highest BCUT2D eigenvalue weighted by atomic mass is 16.5. The molecule has 3 heterocycles. The molecule has 0 aliphatic heterocycles. The predicted molar refractivity (Wildman–Crippen MR) is 106 cm³/mol. The summed E-state index contributed by atoms with van der Waals surface area (Å²) in [6.07, 6.45) is 3.92. The largest absolute Gasteiger partial charge is 0.482 e. The van der Waals surface area contributed by atoms with Crippen molar-refractivity contribution >= 4 is 23.2 Å². The lowest BCUT2D eigenvalue weighted by atomic mass is 9.91. The van der Waals surface area contributed by atoms with E-state index in [-0.39, 0.29) is 24.1 Å². The van der Waals surface area contributed by atoms with Gasteiger partial charge in [-0.1, -0.05) is 27.7 Å². The number of carbonyl (C=O) groups is 2. The topological polar surface area (TPSA) is 77.0 Å². The van der Waals surface area contributed by atoms with Gasteiger partial charge in [-0.05, 0) is 30.7 Å². The molecule has 0 fully saturated rings. The third kappa shape index (κ3) is 3.65. The molecule has 0 saturated carbocycles. The van der Waals surface area contributed by atoms with Crippen LogP contribution in [0.5, 0.6) is 5.75 Å². The summed E-state index contributed by atoms with van der Waals surface area (Å²) >= 11 is 0. The van der Waals surface area contributed by atoms with Crippen LogP contribution >= 0.6 is 0 Å². The van der Waals surface area contributed by atoms with E-state index in [0.717, 1.165) is 5.69 Å². The lowest BCUT2D eigenvalue weighted by Crippen LogP contribution is -2.28. The third-order valence-corrected chi connectivity index (χ3v) is 4.54. The number of ketones is 1. The van der Waals surface area contributed by atoms with E-state index in [1.807, 2.05) is 33.9 Å². The number of rotatable bonds is 6. The van der Waals surface area contributed by atoms with Crippen LogP contribution in [0.3, 0.4) is 0 Å². The lowest BCUT2D eigenvalue weighted by Gasteiger charge is -2.18. The molecule has 7 heteroatoms. The maximum atomic E-state index is 12.7. The van der Waals surface area contributed by atoms with E-state index < -0.39 is 5.41 Å². The van der Waals surface area contributed by atoms with E-state index in [0.29, 0.717) is 23.6 Å². The molecular formula is C21H25N3O4. The highest BCUT2D eigenvalue weighted by Gasteiger charge is 2.25. The Labute approximate surface area is 163 Å². The number of pyridine rings is 1. The second-order valence-corrected chi connectivity index (χ2v) is 7.61. The quantitative estimate of drug-likeness (QED) is 0.648. The number of aryl methyl sites for hydroxylation is 1. The summed E-state index contributed by atoms with van der Waals surface area (Å²) in [4.78, 5) is 31.1. The summed E-state index contributed by atoms with van der Waals surface area (Å²) < 4.78 is 12.8. The number of Topliss-reactive ketones (excluding diaryl/α,β-unsaturated/α-hetero) is 1. The fourth-order valence-corrected chi connectivity index (χ4v) is 2.80. The smallest absolute Gasteiger partial charge is 0.294 e. The van der Waals surface area contributed by atoms with Crippen molar-refractivity contribution in [1.82, 2.24) is 9.38 Å². The van der Waals surface area contributed by atoms with Crippen LogP contribution in [-0.2, 0) is 11.2 Å². The van der Waals surface area contributed by atoms with Crippen LogP contribution in [-0.4, -0.2) is 34.7 Å². The van der Waals surface area contributed by atoms with Gasteiger partial charge in [0, 0.05) is 18.7 Å². The van der Waals surface area contributed by atoms with Crippen LogP contribution in [0.25, 0.3) is 5.65 Å². The maximum absolute atomic E-state index is 12.7. The number of furan rings is 1. The molecule has 0 aliphatic carbocycles. The number of hydrogen-bond acceptors (Lipinski definition) is 5. The molecule has 3 rings (SSSR count). The molecule has 7 nitrogen and oxygen atoms in total. The van der Waals surface area contributed by atoms with Crippen molar-refractivity contribution in [1.29, 1.82) is 0 Å². The molecule has 0 atom stereocenters. The Balaban J connectivity index is 1.98. The number of nitrogens with zero attached hydrogens (tertiary/aromatic N) is 3. The molecule has 0 radical (unpaired) electrons. The number of imidazole rings is 1. The lowest BCUT2D eigenvalue weighted by molar-refractivity contribution is -0.128. The minimum absolute atomic E-state index is 0.00196. The van der Waals surface area contributed by atoms with Gasteiger partial charge in [0.15, 0.2) is 22.9 Å². The first-order valence-electron chi connectivity index (χ1n) is 9.21. The second-order valence-electron chi connectivity index (χ2n) is 7.61. The standard InChI is InChI=1S/C21H25N3O4/c1-6-14-19(23(5)20(26)16-10-8-12-27-16)24-11-7-9-15(18(24)22-14)28-13-17(25)21(2,3)4/h7-12H,6,13H2,1-5H3. The van der Waals surface area contributed by atoms with Crippen LogP contribution in [0.1, 0.15) is 43.9 Å². The van der Waals surface area contributed by atoms with Crippen molar-refractivity contribution in [3.63, 3.8) is 0 Å². The van der Waals surface area contributed by atoms with E-state index in [9.17, 15) is 9.59 Å². The van der Waals surface area contributed by atoms with Crippen LogP contribution in [0.2, 0.25) is 0 Å². The minimum atomic E-state index is -0.476. The normalized spacial score (nSPS) is 11.6. The Hall–Kier alpha value is -3.09. The van der Waals surface area contributed by atoms with Crippen molar-refractivity contribution in [2.45, 2.75) is 34.1 Å². The Kier molecular flexibility index (Phi) is 5.27. The van der Waals surface area contributed by atoms with Gasteiger partial charge in [0.25, 0.3) is 5.91 Å². The molecule has 0 unspecified atom stereocenters. The van der Waals surface area contributed by atoms with Crippen molar-refractivity contribution in [2.24, 2.45) is 5.41 Å². The molecule has 0 saturated heterocycles. The minimum Gasteiger partial charge on any atom is -0.482 e. The van der Waals surface area contributed by atoms with Gasteiger partial charge in [0.1, 0.15) is 12.4 Å². The van der Waals surface area contributed by atoms with E-state index in [1.54, 1.807) is 35.7 Å². The van der Waals surface area contributed by atoms with Crippen molar-refractivity contribution in [3.8, 4) is 5.75 Å². The molecule has 0 aromatic carbocycles. The highest BCUT2D eigenvalue weighted by molar-refractivity contribution is 6.04. The van der Waals surface area contributed by atoms with Crippen LogP contribution in [0.4, 0.5) is 5.82 Å². The Morgan fingerprint density at radius 3 is 2.61 bits per heavy atom. The number of anilines is 1. The predicted octanol–water partition coefficient (Wildman–Crippen LogP) is 3.76. The summed E-state index contributed by atoms with van der Waals surface area (Å²) in [7, 11) is 1.68. The van der Waals surface area contributed by atoms with Crippen LogP contribution in [0, 0.1) is 5.41 Å². The van der Waals surface area contributed by atoms with Gasteiger partial charge in [-0.2, -0.15) is 0 Å². The van der Waals surface area contributed by atoms with Gasteiger partial charge >= 0.3 is 0 Å². The molecule has 0 spiro atoms. The van der Waals surface area contributed by atoms with E-state index in [2.05, 4.69) is 4.98 Å². The SMILES string of the molecule is CCc1nc2c(OCC(=O)C(C)(C)C)cccn2c1N(C)C(=O)c1ccco1. The Morgan fingerprint density at radius 2 is 2.00 bits per heavy atom. The van der Waals surface area contributed by atoms with Gasteiger partial charge in [0.2, 0.25) is 0 Å². The summed E-state index contributed by atoms with van der Waals surface area (Å²) in [5, 5.41) is 0. The average Bonchev–Trinajstić information content (AvgIpc) is 3.31. The average molecular weight is 383 g/mol. The molecule has 148 valence electrons. The third-order valence-electron chi connectivity index (χ3n) is 4.54. The monoisotopic (exact) mass is 383 g/mol. The molecule has 3 aromatic rings. The van der Waals surface area contributed by atoms with Crippen LogP contribution in [0.15, 0.2) is 41.1 Å². The number of carbonyl (C=O) groups excluding carboxylic acids is 2. The first kappa shape index (κ1) is 19.7. The van der Waals surface area contributed by atoms with Crippen molar-refractivity contribution in [3.05, 3.63) is 48.2 Å². The molecule has 3 aromatic heterocycles. The van der Waals surface area contributed by atoms with E-state index in [4.69, 9.17) is 9.15 Å². The maximum Gasteiger partial charge on any atom is 0.294 e. The molecule has 0 bridgehead atoms.